The second-order valence-corrected chi connectivity index (χ2v) is 6.19. The van der Waals surface area contributed by atoms with Crippen LogP contribution in [0.1, 0.15) is 34.6 Å². The SMILES string of the molecule is C#CCC(O)C1c2ccc(Cl)cc2Cc2cc(Cl)ccc21. The molecule has 1 N–H and O–H groups in total. The molecule has 2 aromatic carbocycles. The van der Waals surface area contributed by atoms with Crippen molar-refractivity contribution in [1.82, 2.24) is 0 Å². The molecule has 0 radical (unpaired) electrons. The van der Waals surface area contributed by atoms with Crippen LogP contribution in [0.5, 0.6) is 0 Å². The van der Waals surface area contributed by atoms with Gasteiger partial charge in [-0.25, -0.2) is 0 Å². The topological polar surface area (TPSA) is 20.2 Å². The maximum atomic E-state index is 10.5. The quantitative estimate of drug-likeness (QED) is 0.813. The molecule has 106 valence electrons. The zero-order valence-corrected chi connectivity index (χ0v) is 12.8. The van der Waals surface area contributed by atoms with Crippen LogP contribution in [-0.2, 0) is 6.42 Å². The highest BCUT2D eigenvalue weighted by Gasteiger charge is 2.30. The van der Waals surface area contributed by atoms with Crippen LogP contribution >= 0.6 is 23.2 Å². The molecule has 21 heavy (non-hydrogen) atoms. The molecule has 3 rings (SSSR count). The molecule has 0 spiro atoms. The van der Waals surface area contributed by atoms with Crippen LogP contribution in [0, 0.1) is 12.3 Å². The fourth-order valence-corrected chi connectivity index (χ4v) is 3.48. The van der Waals surface area contributed by atoms with Crippen molar-refractivity contribution in [3.8, 4) is 12.3 Å². The van der Waals surface area contributed by atoms with Gasteiger partial charge in [-0.05, 0) is 52.9 Å². The van der Waals surface area contributed by atoms with E-state index < -0.39 is 6.10 Å². The largest absolute Gasteiger partial charge is 0.391 e. The van der Waals surface area contributed by atoms with Gasteiger partial charge in [-0.3, -0.25) is 0 Å². The lowest BCUT2D eigenvalue weighted by atomic mass is 9.75. The molecule has 1 nitrogen and oxygen atoms in total. The third-order valence-electron chi connectivity index (χ3n) is 3.97. The lowest BCUT2D eigenvalue weighted by molar-refractivity contribution is 0.160. The summed E-state index contributed by atoms with van der Waals surface area (Å²) < 4.78 is 0. The van der Waals surface area contributed by atoms with E-state index in [2.05, 4.69) is 5.92 Å². The van der Waals surface area contributed by atoms with E-state index in [1.54, 1.807) is 0 Å². The Hall–Kier alpha value is -1.46. The van der Waals surface area contributed by atoms with E-state index in [1.165, 1.54) is 0 Å². The van der Waals surface area contributed by atoms with Crippen LogP contribution in [0.15, 0.2) is 36.4 Å². The van der Waals surface area contributed by atoms with E-state index in [1.807, 2.05) is 36.4 Å². The molecule has 0 amide bonds. The molecule has 1 aliphatic carbocycles. The third kappa shape index (κ3) is 2.68. The first-order valence-corrected chi connectivity index (χ1v) is 7.54. The summed E-state index contributed by atoms with van der Waals surface area (Å²) in [6, 6.07) is 11.6. The van der Waals surface area contributed by atoms with Crippen LogP contribution in [-0.4, -0.2) is 11.2 Å². The van der Waals surface area contributed by atoms with Crippen LogP contribution in [0.25, 0.3) is 0 Å². The van der Waals surface area contributed by atoms with Crippen LogP contribution in [0.3, 0.4) is 0 Å². The lowest BCUT2D eigenvalue weighted by Crippen LogP contribution is -2.25. The van der Waals surface area contributed by atoms with Gasteiger partial charge in [0.1, 0.15) is 0 Å². The number of terminal acetylenes is 1. The van der Waals surface area contributed by atoms with Crippen molar-refractivity contribution < 1.29 is 5.11 Å². The smallest absolute Gasteiger partial charge is 0.0758 e. The molecule has 1 unspecified atom stereocenters. The first-order chi connectivity index (χ1) is 10.1. The Bertz CT molecular complexity index is 679. The number of halogens is 2. The molecule has 0 saturated carbocycles. The molecule has 0 bridgehead atoms. The summed E-state index contributed by atoms with van der Waals surface area (Å²) in [5.74, 6) is 2.42. The average molecular weight is 317 g/mol. The standard InChI is InChI=1S/C18H14Cl2O/c1-2-3-17(21)18-15-6-4-13(19)9-11(15)8-12-10-14(20)5-7-16(12)18/h1,4-7,9-10,17-18,21H,3,8H2. The highest BCUT2D eigenvalue weighted by molar-refractivity contribution is 6.31. The fraction of sp³-hybridized carbons (Fsp3) is 0.222. The highest BCUT2D eigenvalue weighted by Crippen LogP contribution is 2.41. The molecule has 0 aromatic heterocycles. The first kappa shape index (κ1) is 14.5. The Morgan fingerprint density at radius 2 is 1.62 bits per heavy atom. The van der Waals surface area contributed by atoms with Crippen molar-refractivity contribution in [3.05, 3.63) is 68.7 Å². The molecular formula is C18H14Cl2O. The molecule has 1 aliphatic rings. The fourth-order valence-electron chi connectivity index (χ4n) is 3.09. The Morgan fingerprint density at radius 3 is 2.10 bits per heavy atom. The van der Waals surface area contributed by atoms with E-state index in [-0.39, 0.29) is 5.92 Å². The van der Waals surface area contributed by atoms with Crippen molar-refractivity contribution in [2.24, 2.45) is 0 Å². The van der Waals surface area contributed by atoms with Gasteiger partial charge in [-0.15, -0.1) is 12.3 Å². The summed E-state index contributed by atoms with van der Waals surface area (Å²) in [6.45, 7) is 0. The van der Waals surface area contributed by atoms with Crippen molar-refractivity contribution in [1.29, 1.82) is 0 Å². The predicted molar refractivity (Wildman–Crippen MR) is 87.0 cm³/mol. The van der Waals surface area contributed by atoms with Gasteiger partial charge in [-0.1, -0.05) is 35.3 Å². The number of hydrogen-bond acceptors (Lipinski definition) is 1. The summed E-state index contributed by atoms with van der Waals surface area (Å²) in [5.41, 5.74) is 4.44. The summed E-state index contributed by atoms with van der Waals surface area (Å²) >= 11 is 12.2. The van der Waals surface area contributed by atoms with Crippen molar-refractivity contribution >= 4 is 23.2 Å². The van der Waals surface area contributed by atoms with E-state index >= 15 is 0 Å². The average Bonchev–Trinajstić information content (AvgIpc) is 2.44. The first-order valence-electron chi connectivity index (χ1n) is 6.78. The Balaban J connectivity index is 2.17. The number of benzene rings is 2. The third-order valence-corrected chi connectivity index (χ3v) is 4.44. The number of fused-ring (bicyclic) bond motifs is 2. The predicted octanol–water partition coefficient (Wildman–Crippen LogP) is 4.41. The lowest BCUT2D eigenvalue weighted by Gasteiger charge is -2.31. The minimum Gasteiger partial charge on any atom is -0.391 e. The molecular weight excluding hydrogens is 303 g/mol. The molecule has 0 fully saturated rings. The molecule has 0 saturated heterocycles. The Labute approximate surface area is 134 Å². The van der Waals surface area contributed by atoms with Crippen LogP contribution in [0.2, 0.25) is 10.0 Å². The monoisotopic (exact) mass is 316 g/mol. The second-order valence-electron chi connectivity index (χ2n) is 5.32. The van der Waals surface area contributed by atoms with Crippen LogP contribution < -0.4 is 0 Å². The van der Waals surface area contributed by atoms with E-state index in [0.717, 1.165) is 28.7 Å². The summed E-state index contributed by atoms with van der Waals surface area (Å²) in [6.07, 6.45) is 5.84. The van der Waals surface area contributed by atoms with E-state index in [9.17, 15) is 5.11 Å². The molecule has 2 aromatic rings. The molecule has 3 heteroatoms. The van der Waals surface area contributed by atoms with Gasteiger partial charge >= 0.3 is 0 Å². The summed E-state index contributed by atoms with van der Waals surface area (Å²) in [5, 5.41) is 11.9. The minimum atomic E-state index is -0.616. The van der Waals surface area contributed by atoms with Gasteiger partial charge < -0.3 is 5.11 Å². The Kier molecular flexibility index (Phi) is 3.95. The molecule has 0 aliphatic heterocycles. The number of aliphatic hydroxyl groups excluding tert-OH is 1. The molecule has 1 atom stereocenters. The molecule has 0 heterocycles. The van der Waals surface area contributed by atoms with Crippen molar-refractivity contribution in [3.63, 3.8) is 0 Å². The summed E-state index contributed by atoms with van der Waals surface area (Å²) in [7, 11) is 0. The minimum absolute atomic E-state index is 0.130. The zero-order valence-electron chi connectivity index (χ0n) is 11.3. The van der Waals surface area contributed by atoms with Crippen LogP contribution in [0.4, 0.5) is 0 Å². The van der Waals surface area contributed by atoms with Crippen molar-refractivity contribution in [2.75, 3.05) is 0 Å². The van der Waals surface area contributed by atoms with Gasteiger partial charge in [0.15, 0.2) is 0 Å². The number of aliphatic hydroxyl groups is 1. The summed E-state index contributed by atoms with van der Waals surface area (Å²) in [4.78, 5) is 0. The second kappa shape index (κ2) is 5.73. The Morgan fingerprint density at radius 1 is 1.10 bits per heavy atom. The van der Waals surface area contributed by atoms with E-state index in [0.29, 0.717) is 16.5 Å². The maximum absolute atomic E-state index is 10.5. The number of rotatable bonds is 2. The van der Waals surface area contributed by atoms with Gasteiger partial charge in [-0.2, -0.15) is 0 Å². The van der Waals surface area contributed by atoms with Crippen molar-refractivity contribution in [2.45, 2.75) is 24.9 Å². The number of hydrogen-bond donors (Lipinski definition) is 1. The van der Waals surface area contributed by atoms with Gasteiger partial charge in [0, 0.05) is 22.4 Å². The van der Waals surface area contributed by atoms with Gasteiger partial charge in [0.25, 0.3) is 0 Å². The normalized spacial score (nSPS) is 15.0. The zero-order chi connectivity index (χ0) is 15.0. The van der Waals surface area contributed by atoms with Gasteiger partial charge in [0.2, 0.25) is 0 Å². The maximum Gasteiger partial charge on any atom is 0.0758 e. The van der Waals surface area contributed by atoms with Gasteiger partial charge in [0.05, 0.1) is 6.10 Å². The highest BCUT2D eigenvalue weighted by atomic mass is 35.5. The van der Waals surface area contributed by atoms with E-state index in [4.69, 9.17) is 29.6 Å².